The second-order valence-corrected chi connectivity index (χ2v) is 7.16. The molecule has 4 rings (SSSR count). The van der Waals surface area contributed by atoms with Gasteiger partial charge in [-0.25, -0.2) is 15.0 Å². The number of halogens is 4. The lowest BCUT2D eigenvalue weighted by Gasteiger charge is -2.15. The van der Waals surface area contributed by atoms with E-state index >= 15 is 0 Å². The van der Waals surface area contributed by atoms with Gasteiger partial charge in [-0.05, 0) is 35.9 Å². The number of nitrogens with two attached hydrogens (primary N) is 1. The van der Waals surface area contributed by atoms with Crippen molar-refractivity contribution in [1.82, 2.24) is 15.0 Å². The second kappa shape index (κ2) is 8.73. The molecule has 6 nitrogen and oxygen atoms in total. The summed E-state index contributed by atoms with van der Waals surface area (Å²) in [6.45, 7) is 4.07. The molecule has 0 saturated heterocycles. The second-order valence-electron chi connectivity index (χ2n) is 7.16. The van der Waals surface area contributed by atoms with Gasteiger partial charge in [0.1, 0.15) is 12.1 Å². The first-order chi connectivity index (χ1) is 15.7. The highest BCUT2D eigenvalue weighted by Crippen LogP contribution is 2.31. The molecule has 2 aromatic heterocycles. The van der Waals surface area contributed by atoms with E-state index in [9.17, 15) is 17.7 Å². The Labute approximate surface area is 186 Å². The van der Waals surface area contributed by atoms with Gasteiger partial charge >= 0.3 is 6.18 Å². The van der Waals surface area contributed by atoms with Crippen LogP contribution in [-0.2, 0) is 12.7 Å². The zero-order valence-electron chi connectivity index (χ0n) is 17.1. The van der Waals surface area contributed by atoms with Crippen LogP contribution in [-0.4, -0.2) is 15.0 Å². The maximum absolute atomic E-state index is 14.8. The van der Waals surface area contributed by atoms with E-state index < -0.39 is 11.7 Å². The number of aromatic nitrogens is 3. The van der Waals surface area contributed by atoms with Gasteiger partial charge in [0.05, 0.1) is 16.8 Å². The van der Waals surface area contributed by atoms with Gasteiger partial charge < -0.3 is 11.1 Å². The third kappa shape index (κ3) is 4.69. The summed E-state index contributed by atoms with van der Waals surface area (Å²) in [6.07, 6.45) is -2.54. The van der Waals surface area contributed by atoms with Gasteiger partial charge in [0.25, 0.3) is 0 Å². The molecule has 0 aliphatic carbocycles. The van der Waals surface area contributed by atoms with Crippen molar-refractivity contribution in [2.24, 2.45) is 5.73 Å². The molecular weight excluding hydrogens is 436 g/mol. The van der Waals surface area contributed by atoms with Crippen molar-refractivity contribution in [3.8, 4) is 0 Å². The van der Waals surface area contributed by atoms with Crippen LogP contribution in [0.25, 0.3) is 16.6 Å². The van der Waals surface area contributed by atoms with Crippen molar-refractivity contribution in [2.75, 3.05) is 10.4 Å². The average Bonchev–Trinajstić information content (AvgIpc) is 2.81. The SMILES string of the molecule is C=C(N)c1cccc2c(NCc3cccc(N(F)c4ccc(C(F)(F)F)cn4)c3)ncnc12. The Bertz CT molecular complexity index is 1300. The van der Waals surface area contributed by atoms with Crippen molar-refractivity contribution in [3.05, 3.63) is 90.4 Å². The van der Waals surface area contributed by atoms with Crippen LogP contribution in [0.2, 0.25) is 0 Å². The Balaban J connectivity index is 1.53. The fourth-order valence-corrected chi connectivity index (χ4v) is 3.26. The van der Waals surface area contributed by atoms with Crippen molar-refractivity contribution >= 4 is 33.9 Å². The summed E-state index contributed by atoms with van der Waals surface area (Å²) in [5.74, 6) is 0.305. The Hall–Kier alpha value is -4.21. The number of fused-ring (bicyclic) bond motifs is 1. The van der Waals surface area contributed by atoms with Crippen LogP contribution in [0.4, 0.5) is 35.0 Å². The first kappa shape index (κ1) is 22.0. The van der Waals surface area contributed by atoms with Gasteiger partial charge in [0.15, 0.2) is 5.82 Å². The monoisotopic (exact) mass is 454 g/mol. The number of nitrogens with one attached hydrogen (secondary N) is 1. The van der Waals surface area contributed by atoms with Crippen molar-refractivity contribution in [3.63, 3.8) is 0 Å². The Morgan fingerprint density at radius 1 is 1.03 bits per heavy atom. The molecule has 168 valence electrons. The Morgan fingerprint density at radius 2 is 1.82 bits per heavy atom. The molecule has 0 fully saturated rings. The van der Waals surface area contributed by atoms with Gasteiger partial charge in [-0.1, -0.05) is 35.3 Å². The summed E-state index contributed by atoms with van der Waals surface area (Å²) < 4.78 is 52.9. The number of nitrogens with zero attached hydrogens (tertiary/aromatic N) is 4. The molecule has 33 heavy (non-hydrogen) atoms. The van der Waals surface area contributed by atoms with Crippen LogP contribution in [0.15, 0.2) is 73.7 Å². The number of hydrogen-bond donors (Lipinski definition) is 2. The fraction of sp³-hybridized carbons (Fsp3) is 0.0870. The standard InChI is InChI=1S/C23H18F4N6/c1-14(28)18-6-3-7-19-21(18)31-13-32-22(19)30-11-15-4-2-5-17(10-15)33(27)20-9-8-16(12-29-20)23(24,25)26/h2-10,12-13H,1,11,28H2,(H,30,31,32). The van der Waals surface area contributed by atoms with Crippen molar-refractivity contribution < 1.29 is 17.7 Å². The number of rotatable bonds is 6. The van der Waals surface area contributed by atoms with E-state index in [0.29, 0.717) is 40.9 Å². The third-order valence-electron chi connectivity index (χ3n) is 4.88. The molecule has 0 aliphatic heterocycles. The lowest BCUT2D eigenvalue weighted by Crippen LogP contribution is -2.10. The minimum atomic E-state index is -4.54. The average molecular weight is 454 g/mol. The summed E-state index contributed by atoms with van der Waals surface area (Å²) in [5.41, 5.74) is 7.47. The molecule has 0 amide bonds. The summed E-state index contributed by atoms with van der Waals surface area (Å²) in [5, 5.41) is 4.17. The minimum absolute atomic E-state index is 0.121. The summed E-state index contributed by atoms with van der Waals surface area (Å²) in [7, 11) is 0. The summed E-state index contributed by atoms with van der Waals surface area (Å²) in [6, 6.07) is 13.7. The lowest BCUT2D eigenvalue weighted by atomic mass is 10.1. The molecule has 2 heterocycles. The maximum Gasteiger partial charge on any atom is 0.417 e. The molecule has 2 aromatic carbocycles. The molecule has 0 saturated carbocycles. The van der Waals surface area contributed by atoms with E-state index in [-0.39, 0.29) is 16.6 Å². The molecule has 0 unspecified atom stereocenters. The molecule has 0 aliphatic rings. The zero-order chi connectivity index (χ0) is 23.6. The normalized spacial score (nSPS) is 11.4. The smallest absolute Gasteiger partial charge is 0.399 e. The van der Waals surface area contributed by atoms with Crippen LogP contribution in [0.1, 0.15) is 16.7 Å². The van der Waals surface area contributed by atoms with Gasteiger partial charge in [-0.15, -0.1) is 0 Å². The van der Waals surface area contributed by atoms with Gasteiger partial charge in [-0.2, -0.15) is 18.3 Å². The van der Waals surface area contributed by atoms with E-state index in [4.69, 9.17) is 5.73 Å². The number of hydrogen-bond acceptors (Lipinski definition) is 6. The quantitative estimate of drug-likeness (QED) is 0.291. The van der Waals surface area contributed by atoms with Gasteiger partial charge in [-0.3, -0.25) is 0 Å². The number of pyridine rings is 1. The largest absolute Gasteiger partial charge is 0.417 e. The first-order valence-corrected chi connectivity index (χ1v) is 9.74. The maximum atomic E-state index is 14.8. The van der Waals surface area contributed by atoms with Crippen molar-refractivity contribution in [1.29, 1.82) is 0 Å². The molecule has 3 N–H and O–H groups in total. The molecule has 0 bridgehead atoms. The summed E-state index contributed by atoms with van der Waals surface area (Å²) >= 11 is 0. The first-order valence-electron chi connectivity index (χ1n) is 9.74. The molecule has 0 spiro atoms. The highest BCUT2D eigenvalue weighted by molar-refractivity contribution is 5.95. The minimum Gasteiger partial charge on any atom is -0.399 e. The Kier molecular flexibility index (Phi) is 5.82. The molecular formula is C23H18F4N6. The number of benzene rings is 2. The number of anilines is 3. The predicted octanol–water partition coefficient (Wildman–Crippen LogP) is 5.61. The van der Waals surface area contributed by atoms with Crippen LogP contribution >= 0.6 is 0 Å². The predicted molar refractivity (Wildman–Crippen MR) is 119 cm³/mol. The lowest BCUT2D eigenvalue weighted by molar-refractivity contribution is -0.137. The third-order valence-corrected chi connectivity index (χ3v) is 4.88. The van der Waals surface area contributed by atoms with Crippen LogP contribution in [0.3, 0.4) is 0 Å². The highest BCUT2D eigenvalue weighted by atomic mass is 19.4. The summed E-state index contributed by atoms with van der Waals surface area (Å²) in [4.78, 5) is 12.1. The molecule has 0 radical (unpaired) electrons. The molecule has 0 atom stereocenters. The van der Waals surface area contributed by atoms with Crippen LogP contribution < -0.4 is 16.2 Å². The van der Waals surface area contributed by atoms with Gasteiger partial charge in [0.2, 0.25) is 0 Å². The van der Waals surface area contributed by atoms with E-state index in [1.165, 1.54) is 12.4 Å². The zero-order valence-corrected chi connectivity index (χ0v) is 17.1. The topological polar surface area (TPSA) is 80.0 Å². The van der Waals surface area contributed by atoms with Gasteiger partial charge in [0, 0.05) is 29.4 Å². The van der Waals surface area contributed by atoms with Crippen molar-refractivity contribution in [2.45, 2.75) is 12.7 Å². The van der Waals surface area contributed by atoms with Crippen LogP contribution in [0, 0.1) is 0 Å². The fourth-order valence-electron chi connectivity index (χ4n) is 3.26. The number of alkyl halides is 3. The number of para-hydroxylation sites is 1. The molecule has 10 heteroatoms. The Morgan fingerprint density at radius 3 is 2.52 bits per heavy atom. The van der Waals surface area contributed by atoms with E-state index in [1.807, 2.05) is 18.2 Å². The van der Waals surface area contributed by atoms with Crippen LogP contribution in [0.5, 0.6) is 0 Å². The van der Waals surface area contributed by atoms with E-state index in [1.54, 1.807) is 18.2 Å². The highest BCUT2D eigenvalue weighted by Gasteiger charge is 2.31. The van der Waals surface area contributed by atoms with E-state index in [0.717, 1.165) is 17.5 Å². The van der Waals surface area contributed by atoms with E-state index in [2.05, 4.69) is 26.8 Å². The molecule has 4 aromatic rings.